The van der Waals surface area contributed by atoms with Crippen LogP contribution in [0.25, 0.3) is 0 Å². The minimum absolute atomic E-state index is 0.00965. The van der Waals surface area contributed by atoms with Crippen LogP contribution in [0.3, 0.4) is 0 Å². The van der Waals surface area contributed by atoms with Gasteiger partial charge in [-0.2, -0.15) is 0 Å². The van der Waals surface area contributed by atoms with Crippen LogP contribution >= 0.6 is 0 Å². The van der Waals surface area contributed by atoms with E-state index in [4.69, 9.17) is 9.47 Å². The van der Waals surface area contributed by atoms with Crippen LogP contribution in [0.4, 0.5) is 0 Å². The fraction of sp³-hybridized carbons (Fsp3) is 0.724. The minimum Gasteiger partial charge on any atom is -0.461 e. The van der Waals surface area contributed by atoms with Crippen LogP contribution < -0.4 is 0 Å². The largest absolute Gasteiger partial charge is 0.461 e. The lowest BCUT2D eigenvalue weighted by Crippen LogP contribution is -2.58. The maximum Gasteiger partial charge on any atom is 0.338 e. The maximum absolute atomic E-state index is 13.4. The van der Waals surface area contributed by atoms with Gasteiger partial charge in [-0.3, -0.25) is 4.79 Å². The third-order valence-electron chi connectivity index (χ3n) is 10.4. The number of carbonyl (C=O) groups excluding carboxylic acids is 2. The van der Waals surface area contributed by atoms with E-state index in [0.717, 1.165) is 51.4 Å². The van der Waals surface area contributed by atoms with Crippen LogP contribution in [-0.4, -0.2) is 42.8 Å². The molecule has 4 saturated carbocycles. The number of Topliss-reactive ketones (excluding diaryl/α,β-unsaturated/α-hetero) is 1. The molecule has 186 valence electrons. The zero-order chi connectivity index (χ0) is 24.1. The molecule has 8 atom stereocenters. The highest BCUT2D eigenvalue weighted by Crippen LogP contribution is 2.67. The number of hydrogen-bond donors (Lipinski definition) is 1. The molecule has 1 N–H and O–H groups in total. The monoisotopic (exact) mass is 468 g/mol. The van der Waals surface area contributed by atoms with Gasteiger partial charge in [0.1, 0.15) is 5.78 Å². The smallest absolute Gasteiger partial charge is 0.338 e. The van der Waals surface area contributed by atoms with Crippen molar-refractivity contribution in [1.29, 1.82) is 0 Å². The lowest BCUT2D eigenvalue weighted by Gasteiger charge is -2.61. The predicted octanol–water partition coefficient (Wildman–Crippen LogP) is 5.06. The first-order valence-corrected chi connectivity index (χ1v) is 13.2. The molecule has 0 bridgehead atoms. The van der Waals surface area contributed by atoms with Gasteiger partial charge in [0.05, 0.1) is 24.4 Å². The van der Waals surface area contributed by atoms with Gasteiger partial charge in [-0.05, 0) is 94.1 Å². The Labute approximate surface area is 203 Å². The first kappa shape index (κ1) is 24.0. The Balaban J connectivity index is 1.43. The summed E-state index contributed by atoms with van der Waals surface area (Å²) >= 11 is 0. The summed E-state index contributed by atoms with van der Waals surface area (Å²) < 4.78 is 11.5. The zero-order valence-electron chi connectivity index (χ0n) is 20.9. The summed E-state index contributed by atoms with van der Waals surface area (Å²) in [7, 11) is 1.69. The van der Waals surface area contributed by atoms with Gasteiger partial charge in [0.15, 0.2) is 0 Å². The van der Waals surface area contributed by atoms with Crippen molar-refractivity contribution in [3.63, 3.8) is 0 Å². The highest BCUT2D eigenvalue weighted by molar-refractivity contribution is 5.90. The molecule has 4 aliphatic carbocycles. The topological polar surface area (TPSA) is 72.8 Å². The van der Waals surface area contributed by atoms with Gasteiger partial charge >= 0.3 is 5.97 Å². The molecule has 5 heteroatoms. The molecule has 4 fully saturated rings. The number of ketones is 1. The fourth-order valence-electron chi connectivity index (χ4n) is 8.66. The Bertz CT molecular complexity index is 926. The summed E-state index contributed by atoms with van der Waals surface area (Å²) in [6.45, 7) is 5.10. The summed E-state index contributed by atoms with van der Waals surface area (Å²) in [5, 5.41) is 10.9. The predicted molar refractivity (Wildman–Crippen MR) is 129 cm³/mol. The van der Waals surface area contributed by atoms with Crippen molar-refractivity contribution in [1.82, 2.24) is 0 Å². The number of aliphatic hydroxyl groups is 1. The molecular weight excluding hydrogens is 428 g/mol. The molecule has 0 spiro atoms. The zero-order valence-corrected chi connectivity index (χ0v) is 20.9. The lowest BCUT2D eigenvalue weighted by atomic mass is 9.44. The lowest BCUT2D eigenvalue weighted by molar-refractivity contribution is -0.170. The van der Waals surface area contributed by atoms with Crippen LogP contribution in [-0.2, 0) is 14.3 Å². The molecule has 1 aromatic rings. The third-order valence-corrected chi connectivity index (χ3v) is 10.4. The SMILES string of the molecule is COCC1C[C@H]2[C@@H]3CC[C@H]4CC(C)(O)CC[C@]4(COC(=O)c4ccccc4)[C@H]3CC[C@]2(C)C1=O. The molecular formula is C29H40O5. The van der Waals surface area contributed by atoms with Crippen molar-refractivity contribution in [2.75, 3.05) is 20.3 Å². The number of fused-ring (bicyclic) bond motifs is 5. The van der Waals surface area contributed by atoms with E-state index in [2.05, 4.69) is 6.92 Å². The van der Waals surface area contributed by atoms with E-state index in [1.54, 1.807) is 19.2 Å². The maximum atomic E-state index is 13.4. The average Bonchev–Trinajstić information content (AvgIpc) is 3.08. The fourth-order valence-corrected chi connectivity index (χ4v) is 8.66. The molecule has 1 aromatic carbocycles. The number of carbonyl (C=O) groups is 2. The van der Waals surface area contributed by atoms with Gasteiger partial charge < -0.3 is 14.6 Å². The molecule has 5 nitrogen and oxygen atoms in total. The van der Waals surface area contributed by atoms with Crippen LogP contribution in [0.15, 0.2) is 30.3 Å². The Morgan fingerprint density at radius 3 is 2.56 bits per heavy atom. The summed E-state index contributed by atoms with van der Waals surface area (Å²) in [4.78, 5) is 26.3. The molecule has 0 aliphatic heterocycles. The van der Waals surface area contributed by atoms with Gasteiger partial charge in [-0.25, -0.2) is 4.79 Å². The number of esters is 1. The highest BCUT2D eigenvalue weighted by atomic mass is 16.5. The van der Waals surface area contributed by atoms with Crippen molar-refractivity contribution < 1.29 is 24.2 Å². The van der Waals surface area contributed by atoms with Crippen LogP contribution in [0, 0.1) is 40.4 Å². The van der Waals surface area contributed by atoms with Crippen LogP contribution in [0.2, 0.25) is 0 Å². The summed E-state index contributed by atoms with van der Waals surface area (Å²) in [5.74, 6) is 1.77. The van der Waals surface area contributed by atoms with E-state index in [1.165, 1.54) is 0 Å². The Kier molecular flexibility index (Phi) is 6.17. The molecule has 0 aromatic heterocycles. The molecule has 2 unspecified atom stereocenters. The minimum atomic E-state index is -0.652. The van der Waals surface area contributed by atoms with E-state index >= 15 is 0 Å². The number of rotatable bonds is 5. The van der Waals surface area contributed by atoms with E-state index in [-0.39, 0.29) is 22.7 Å². The van der Waals surface area contributed by atoms with Crippen molar-refractivity contribution in [3.05, 3.63) is 35.9 Å². The second kappa shape index (κ2) is 8.74. The normalized spacial score (nSPS) is 43.5. The van der Waals surface area contributed by atoms with E-state index in [1.807, 2.05) is 25.1 Å². The third kappa shape index (κ3) is 3.83. The van der Waals surface area contributed by atoms with E-state index in [0.29, 0.717) is 48.2 Å². The molecule has 5 rings (SSSR count). The standard InChI is InChI=1S/C29H40O5/c1-27(32)13-14-29(18-34-26(31)19-7-5-4-6-8-19)21(16-27)9-10-22-23(29)11-12-28(2)24(22)15-20(17-33-3)25(28)30/h4-8,20-24,32H,9-18H2,1-3H3/t20?,21-,22+,23-,24-,27?,28-,29+/m0/s1. The average molecular weight is 469 g/mol. The first-order chi connectivity index (χ1) is 16.2. The molecule has 0 amide bonds. The van der Waals surface area contributed by atoms with Gasteiger partial charge in [0.2, 0.25) is 0 Å². The number of benzene rings is 1. The van der Waals surface area contributed by atoms with Crippen molar-refractivity contribution >= 4 is 11.8 Å². The Hall–Kier alpha value is -1.72. The quantitative estimate of drug-likeness (QED) is 0.612. The molecule has 4 aliphatic rings. The molecule has 34 heavy (non-hydrogen) atoms. The van der Waals surface area contributed by atoms with Gasteiger partial charge in [-0.15, -0.1) is 0 Å². The van der Waals surface area contributed by atoms with Crippen molar-refractivity contribution in [2.45, 2.75) is 70.8 Å². The first-order valence-electron chi connectivity index (χ1n) is 13.2. The second-order valence-electron chi connectivity index (χ2n) is 12.2. The van der Waals surface area contributed by atoms with Gasteiger partial charge in [0, 0.05) is 23.9 Å². The summed E-state index contributed by atoms with van der Waals surface area (Å²) in [6.07, 6.45) is 7.37. The Morgan fingerprint density at radius 2 is 1.82 bits per heavy atom. The van der Waals surface area contributed by atoms with Crippen molar-refractivity contribution in [3.8, 4) is 0 Å². The number of hydrogen-bond acceptors (Lipinski definition) is 5. The highest BCUT2D eigenvalue weighted by Gasteiger charge is 2.64. The molecule has 0 heterocycles. The molecule has 0 saturated heterocycles. The van der Waals surface area contributed by atoms with Crippen LogP contribution in [0.1, 0.15) is 75.6 Å². The molecule has 0 radical (unpaired) electrons. The number of methoxy groups -OCH3 is 1. The van der Waals surface area contributed by atoms with Crippen molar-refractivity contribution in [2.24, 2.45) is 40.4 Å². The van der Waals surface area contributed by atoms with E-state index < -0.39 is 5.60 Å². The number of ether oxygens (including phenoxy) is 2. The van der Waals surface area contributed by atoms with Crippen LogP contribution in [0.5, 0.6) is 0 Å². The second-order valence-corrected chi connectivity index (χ2v) is 12.2. The summed E-state index contributed by atoms with van der Waals surface area (Å²) in [5.41, 5.74) is -0.426. The van der Waals surface area contributed by atoms with E-state index in [9.17, 15) is 14.7 Å². The van der Waals surface area contributed by atoms with Gasteiger partial charge in [-0.1, -0.05) is 25.1 Å². The van der Waals surface area contributed by atoms with Gasteiger partial charge in [0.25, 0.3) is 0 Å². The summed E-state index contributed by atoms with van der Waals surface area (Å²) in [6, 6.07) is 9.24. The Morgan fingerprint density at radius 1 is 1.06 bits per heavy atom.